The predicted molar refractivity (Wildman–Crippen MR) is 96.6 cm³/mol. The average Bonchev–Trinajstić information content (AvgIpc) is 2.61. The van der Waals surface area contributed by atoms with Crippen molar-refractivity contribution < 1.29 is 18.0 Å². The number of aromatic nitrogens is 1. The van der Waals surface area contributed by atoms with E-state index in [1.165, 1.54) is 18.2 Å². The molecule has 0 fully saturated rings. The Hall–Kier alpha value is -3.35. The van der Waals surface area contributed by atoms with Gasteiger partial charge in [-0.25, -0.2) is 22.9 Å². The maximum Gasteiger partial charge on any atom is 0.320 e. The molecular weight excluding hydrogens is 355 g/mol. The molecule has 0 aliphatic carbocycles. The van der Waals surface area contributed by atoms with Gasteiger partial charge in [0.2, 0.25) is 0 Å². The van der Waals surface area contributed by atoms with Crippen LogP contribution < -0.4 is 10.6 Å². The second-order valence-electron chi connectivity index (χ2n) is 5.88. The lowest BCUT2D eigenvalue weighted by molar-refractivity contribution is 0.251. The Bertz CT molecular complexity index is 972. The molecule has 2 N–H and O–H groups in total. The van der Waals surface area contributed by atoms with E-state index in [1.807, 2.05) is 0 Å². The van der Waals surface area contributed by atoms with Gasteiger partial charge in [0.15, 0.2) is 0 Å². The fraction of sp³-hybridized carbons (Fsp3) is 0.100. The summed E-state index contributed by atoms with van der Waals surface area (Å²) in [6.07, 6.45) is 0. The van der Waals surface area contributed by atoms with Crippen molar-refractivity contribution in [2.24, 2.45) is 0 Å². The largest absolute Gasteiger partial charge is 0.334 e. The molecule has 138 valence electrons. The number of rotatable bonds is 4. The van der Waals surface area contributed by atoms with Crippen LogP contribution in [0.25, 0.3) is 11.3 Å². The van der Waals surface area contributed by atoms with Gasteiger partial charge in [-0.2, -0.15) is 0 Å². The monoisotopic (exact) mass is 371 g/mol. The zero-order chi connectivity index (χ0) is 19.4. The van der Waals surface area contributed by atoms with Crippen molar-refractivity contribution in [1.29, 1.82) is 0 Å². The number of hydrogen-bond acceptors (Lipinski definition) is 2. The highest BCUT2D eigenvalue weighted by atomic mass is 19.1. The van der Waals surface area contributed by atoms with Crippen molar-refractivity contribution in [1.82, 2.24) is 10.3 Å². The number of aryl methyl sites for hydroxylation is 1. The van der Waals surface area contributed by atoms with E-state index in [0.29, 0.717) is 11.3 Å². The average molecular weight is 371 g/mol. The van der Waals surface area contributed by atoms with Gasteiger partial charge in [0.25, 0.3) is 0 Å². The Morgan fingerprint density at radius 3 is 2.41 bits per heavy atom. The molecule has 2 amide bonds. The molecule has 0 bridgehead atoms. The number of pyridine rings is 1. The smallest absolute Gasteiger partial charge is 0.320 e. The molecule has 3 rings (SSSR count). The molecule has 0 radical (unpaired) electrons. The highest BCUT2D eigenvalue weighted by Gasteiger charge is 2.11. The molecular formula is C20H16F3N3O. The summed E-state index contributed by atoms with van der Waals surface area (Å²) < 4.78 is 40.4. The zero-order valence-electron chi connectivity index (χ0n) is 14.4. The van der Waals surface area contributed by atoms with E-state index in [9.17, 15) is 18.0 Å². The fourth-order valence-electron chi connectivity index (χ4n) is 2.60. The minimum absolute atomic E-state index is 0.226. The topological polar surface area (TPSA) is 54.0 Å². The summed E-state index contributed by atoms with van der Waals surface area (Å²) in [4.78, 5) is 16.3. The number of benzene rings is 2. The van der Waals surface area contributed by atoms with Gasteiger partial charge in [-0.1, -0.05) is 12.1 Å². The number of carbonyl (C=O) groups is 1. The first-order valence-electron chi connectivity index (χ1n) is 8.15. The third kappa shape index (κ3) is 4.44. The quantitative estimate of drug-likeness (QED) is 0.692. The van der Waals surface area contributed by atoms with E-state index in [-0.39, 0.29) is 23.7 Å². The molecule has 27 heavy (non-hydrogen) atoms. The van der Waals surface area contributed by atoms with Gasteiger partial charge in [-0.15, -0.1) is 0 Å². The first-order chi connectivity index (χ1) is 12.9. The van der Waals surface area contributed by atoms with Crippen molar-refractivity contribution in [2.75, 3.05) is 5.32 Å². The van der Waals surface area contributed by atoms with E-state index in [4.69, 9.17) is 0 Å². The zero-order valence-corrected chi connectivity index (χ0v) is 14.4. The van der Waals surface area contributed by atoms with Crippen LogP contribution in [-0.4, -0.2) is 11.0 Å². The third-order valence-corrected chi connectivity index (χ3v) is 3.94. The normalized spacial score (nSPS) is 10.5. The number of nitrogens with one attached hydrogen (secondary N) is 2. The lowest BCUT2D eigenvalue weighted by Gasteiger charge is -2.10. The van der Waals surface area contributed by atoms with Crippen molar-refractivity contribution >= 4 is 11.8 Å². The van der Waals surface area contributed by atoms with Crippen molar-refractivity contribution in [3.05, 3.63) is 83.2 Å². The lowest BCUT2D eigenvalue weighted by Crippen LogP contribution is -2.29. The summed E-state index contributed by atoms with van der Waals surface area (Å²) in [5, 5.41) is 4.90. The molecule has 7 heteroatoms. The van der Waals surface area contributed by atoms with Crippen LogP contribution in [0.3, 0.4) is 0 Å². The minimum atomic E-state index is -0.734. The van der Waals surface area contributed by atoms with Gasteiger partial charge < -0.3 is 5.32 Å². The number of halogens is 3. The number of hydrogen-bond donors (Lipinski definition) is 2. The van der Waals surface area contributed by atoms with E-state index in [0.717, 1.165) is 17.7 Å². The maximum atomic E-state index is 13.6. The van der Waals surface area contributed by atoms with E-state index in [2.05, 4.69) is 15.6 Å². The van der Waals surface area contributed by atoms with E-state index in [1.54, 1.807) is 31.2 Å². The van der Waals surface area contributed by atoms with Gasteiger partial charge in [0.05, 0.1) is 12.2 Å². The number of carbonyl (C=O) groups excluding carboxylic acids is 1. The van der Waals surface area contributed by atoms with Gasteiger partial charge in [0, 0.05) is 11.1 Å². The minimum Gasteiger partial charge on any atom is -0.334 e. The molecule has 0 saturated heterocycles. The SMILES string of the molecule is Cc1cc(F)ccc1-c1cccc(NC(=O)NCc2c(F)cccc2F)n1. The van der Waals surface area contributed by atoms with Gasteiger partial charge in [-0.05, 0) is 55.0 Å². The highest BCUT2D eigenvalue weighted by Crippen LogP contribution is 2.23. The van der Waals surface area contributed by atoms with E-state index < -0.39 is 17.7 Å². The molecule has 0 aliphatic heterocycles. The predicted octanol–water partition coefficient (Wildman–Crippen LogP) is 4.80. The molecule has 0 saturated carbocycles. The number of amides is 2. The van der Waals surface area contributed by atoms with Crippen molar-refractivity contribution in [2.45, 2.75) is 13.5 Å². The molecule has 0 atom stereocenters. The van der Waals surface area contributed by atoms with Gasteiger partial charge in [0.1, 0.15) is 23.3 Å². The highest BCUT2D eigenvalue weighted by molar-refractivity contribution is 5.88. The van der Waals surface area contributed by atoms with Crippen LogP contribution in [0.15, 0.2) is 54.6 Å². The Morgan fingerprint density at radius 2 is 1.70 bits per heavy atom. The second-order valence-corrected chi connectivity index (χ2v) is 5.88. The number of anilines is 1. The van der Waals surface area contributed by atoms with Crippen LogP contribution in [0.4, 0.5) is 23.8 Å². The molecule has 1 aromatic heterocycles. The summed E-state index contributed by atoms with van der Waals surface area (Å²) >= 11 is 0. The van der Waals surface area contributed by atoms with Crippen molar-refractivity contribution in [3.63, 3.8) is 0 Å². The third-order valence-electron chi connectivity index (χ3n) is 3.94. The summed E-state index contributed by atoms with van der Waals surface area (Å²) in [6, 6.07) is 12.2. The molecule has 0 spiro atoms. The standard InChI is InChI=1S/C20H16F3N3O/c1-12-10-13(21)8-9-14(12)18-6-3-7-19(25-18)26-20(27)24-11-15-16(22)4-2-5-17(15)23/h2-10H,11H2,1H3,(H2,24,25,26,27). The number of nitrogens with zero attached hydrogens (tertiary/aromatic N) is 1. The second kappa shape index (κ2) is 7.90. The fourth-order valence-corrected chi connectivity index (χ4v) is 2.60. The lowest BCUT2D eigenvalue weighted by atomic mass is 10.1. The summed E-state index contributed by atoms with van der Waals surface area (Å²) in [6.45, 7) is 1.46. The maximum absolute atomic E-state index is 13.6. The van der Waals surface area contributed by atoms with Crippen LogP contribution in [0, 0.1) is 24.4 Å². The van der Waals surface area contributed by atoms with Crippen LogP contribution >= 0.6 is 0 Å². The van der Waals surface area contributed by atoms with Crippen molar-refractivity contribution in [3.8, 4) is 11.3 Å². The van der Waals surface area contributed by atoms with Crippen LogP contribution in [0.2, 0.25) is 0 Å². The summed E-state index contributed by atoms with van der Waals surface area (Å²) in [5.41, 5.74) is 1.77. The Kier molecular flexibility index (Phi) is 5.40. The summed E-state index contributed by atoms with van der Waals surface area (Å²) in [7, 11) is 0. The Morgan fingerprint density at radius 1 is 1.00 bits per heavy atom. The Labute approximate surface area is 154 Å². The first-order valence-corrected chi connectivity index (χ1v) is 8.15. The van der Waals surface area contributed by atoms with E-state index >= 15 is 0 Å². The molecule has 2 aromatic carbocycles. The molecule has 0 aliphatic rings. The van der Waals surface area contributed by atoms with Crippen LogP contribution in [0.1, 0.15) is 11.1 Å². The first kappa shape index (κ1) is 18.4. The molecule has 4 nitrogen and oxygen atoms in total. The van der Waals surface area contributed by atoms with Crippen LogP contribution in [0.5, 0.6) is 0 Å². The molecule has 3 aromatic rings. The van der Waals surface area contributed by atoms with Gasteiger partial charge in [-0.3, -0.25) is 5.32 Å². The van der Waals surface area contributed by atoms with Crippen LogP contribution in [-0.2, 0) is 6.54 Å². The number of urea groups is 1. The molecule has 0 unspecified atom stereocenters. The Balaban J connectivity index is 1.70. The molecule has 1 heterocycles. The summed E-state index contributed by atoms with van der Waals surface area (Å²) in [5.74, 6) is -1.56. The van der Waals surface area contributed by atoms with Gasteiger partial charge >= 0.3 is 6.03 Å².